The molecule has 1 amide bonds. The number of allylic oxidation sites excluding steroid dienone is 4. The van der Waals surface area contributed by atoms with Crippen molar-refractivity contribution >= 4 is 40.1 Å². The van der Waals surface area contributed by atoms with Crippen LogP contribution in [0.3, 0.4) is 0 Å². The predicted molar refractivity (Wildman–Crippen MR) is 138 cm³/mol. The molecule has 0 bridgehead atoms. The third kappa shape index (κ3) is 5.26. The van der Waals surface area contributed by atoms with E-state index in [2.05, 4.69) is 5.32 Å². The number of hydrogen-bond donors (Lipinski definition) is 2. The van der Waals surface area contributed by atoms with Gasteiger partial charge in [0.2, 0.25) is 0 Å². The first kappa shape index (κ1) is 24.0. The Morgan fingerprint density at radius 3 is 2.72 bits per heavy atom. The second-order valence-electron chi connectivity index (χ2n) is 9.00. The average molecular weight is 504 g/mol. The summed E-state index contributed by atoms with van der Waals surface area (Å²) in [6.07, 6.45) is 7.35. The van der Waals surface area contributed by atoms with Gasteiger partial charge >= 0.3 is 5.97 Å². The summed E-state index contributed by atoms with van der Waals surface area (Å²) < 4.78 is 5.68. The number of carboxylic acid groups (broad SMARTS) is 1. The van der Waals surface area contributed by atoms with E-state index in [9.17, 15) is 9.59 Å². The summed E-state index contributed by atoms with van der Waals surface area (Å²) in [5.74, 6) is -0.216. The molecular formula is C28H26ClN3O4. The van der Waals surface area contributed by atoms with Crippen LogP contribution in [0.1, 0.15) is 65.5 Å². The van der Waals surface area contributed by atoms with Crippen LogP contribution in [-0.4, -0.2) is 33.6 Å². The number of ether oxygens (including phenoxy) is 1. The minimum absolute atomic E-state index is 0.121. The number of aryl methyl sites for hydroxylation is 1. The molecule has 2 aliphatic rings. The number of carboxylic acids is 1. The largest absolute Gasteiger partial charge is 0.491 e. The molecular weight excluding hydrogens is 478 g/mol. The zero-order valence-electron chi connectivity index (χ0n) is 19.7. The number of unbranched alkanes of at least 4 members (excludes halogenated alkanes) is 1. The molecule has 1 aliphatic heterocycles. The van der Waals surface area contributed by atoms with E-state index >= 15 is 0 Å². The van der Waals surface area contributed by atoms with Gasteiger partial charge in [0, 0.05) is 22.6 Å². The first-order valence-corrected chi connectivity index (χ1v) is 12.5. The Hall–Kier alpha value is -3.71. The number of para-hydroxylation sites is 1. The number of hydrogen-bond acceptors (Lipinski definition) is 5. The van der Waals surface area contributed by atoms with E-state index in [0.29, 0.717) is 42.5 Å². The quantitative estimate of drug-likeness (QED) is 0.388. The van der Waals surface area contributed by atoms with Crippen LogP contribution in [0.15, 0.2) is 59.6 Å². The number of nitrogens with one attached hydrogen (secondary N) is 1. The number of aromatic nitrogens is 2. The number of fused-ring (bicyclic) bond motifs is 2. The Morgan fingerprint density at radius 1 is 1.06 bits per heavy atom. The summed E-state index contributed by atoms with van der Waals surface area (Å²) in [6, 6.07) is 12.8. The number of benzene rings is 2. The van der Waals surface area contributed by atoms with Gasteiger partial charge in [0.05, 0.1) is 28.5 Å². The van der Waals surface area contributed by atoms with Crippen molar-refractivity contribution in [1.29, 1.82) is 0 Å². The molecule has 0 fully saturated rings. The van der Waals surface area contributed by atoms with Gasteiger partial charge in [-0.2, -0.15) is 0 Å². The van der Waals surface area contributed by atoms with E-state index < -0.39 is 5.97 Å². The van der Waals surface area contributed by atoms with Gasteiger partial charge in [-0.25, -0.2) is 9.97 Å². The summed E-state index contributed by atoms with van der Waals surface area (Å²) in [5, 5.41) is 12.8. The molecule has 8 heteroatoms. The zero-order valence-corrected chi connectivity index (χ0v) is 20.4. The lowest BCUT2D eigenvalue weighted by Crippen LogP contribution is -2.29. The van der Waals surface area contributed by atoms with Gasteiger partial charge in [-0.3, -0.25) is 9.59 Å². The molecule has 2 heterocycles. The smallest absolute Gasteiger partial charge is 0.303 e. The number of nitrogens with zero attached hydrogens (tertiary/aromatic N) is 2. The Balaban J connectivity index is 1.42. The van der Waals surface area contributed by atoms with Gasteiger partial charge in [0.15, 0.2) is 0 Å². The van der Waals surface area contributed by atoms with Crippen molar-refractivity contribution in [1.82, 2.24) is 15.3 Å². The van der Waals surface area contributed by atoms with Crippen LogP contribution in [0.25, 0.3) is 16.6 Å². The summed E-state index contributed by atoms with van der Waals surface area (Å²) in [4.78, 5) is 33.8. The van der Waals surface area contributed by atoms with Gasteiger partial charge in [-0.15, -0.1) is 0 Å². The van der Waals surface area contributed by atoms with Gasteiger partial charge < -0.3 is 15.2 Å². The number of carbonyl (C=O) groups excluding carboxylic acids is 1. The fourth-order valence-electron chi connectivity index (χ4n) is 4.57. The number of carbonyl (C=O) groups is 2. The van der Waals surface area contributed by atoms with Crippen molar-refractivity contribution in [2.45, 2.75) is 44.6 Å². The Bertz CT molecular complexity index is 1400. The summed E-state index contributed by atoms with van der Waals surface area (Å²) in [7, 11) is 0. The maximum atomic E-state index is 13.1. The lowest BCUT2D eigenvalue weighted by atomic mass is 9.97. The average Bonchev–Trinajstić information content (AvgIpc) is 3.29. The van der Waals surface area contributed by atoms with Gasteiger partial charge in [-0.1, -0.05) is 35.9 Å². The third-order valence-electron chi connectivity index (χ3n) is 6.46. The summed E-state index contributed by atoms with van der Waals surface area (Å²) in [6.45, 7) is 0.399. The summed E-state index contributed by atoms with van der Waals surface area (Å²) >= 11 is 6.15. The molecule has 5 rings (SSSR count). The van der Waals surface area contributed by atoms with Crippen LogP contribution >= 0.6 is 11.6 Å². The maximum absolute atomic E-state index is 13.1. The van der Waals surface area contributed by atoms with Gasteiger partial charge in [0.25, 0.3) is 5.91 Å². The van der Waals surface area contributed by atoms with E-state index in [-0.39, 0.29) is 18.4 Å². The van der Waals surface area contributed by atoms with Crippen molar-refractivity contribution in [3.8, 4) is 5.75 Å². The number of rotatable bonds is 8. The molecule has 3 aromatic rings. The van der Waals surface area contributed by atoms with Crippen LogP contribution in [0.5, 0.6) is 5.75 Å². The third-order valence-corrected chi connectivity index (χ3v) is 6.78. The van der Waals surface area contributed by atoms with Crippen molar-refractivity contribution in [2.75, 3.05) is 6.61 Å². The highest BCUT2D eigenvalue weighted by molar-refractivity contribution is 6.29. The molecule has 1 atom stereocenters. The van der Waals surface area contributed by atoms with E-state index in [1.54, 1.807) is 12.1 Å². The fourth-order valence-corrected chi connectivity index (χ4v) is 4.72. The monoisotopic (exact) mass is 503 g/mol. The van der Waals surface area contributed by atoms with Crippen LogP contribution in [0.2, 0.25) is 0 Å². The molecule has 1 aliphatic carbocycles. The zero-order chi connectivity index (χ0) is 25.1. The predicted octanol–water partition coefficient (Wildman–Crippen LogP) is 5.59. The summed E-state index contributed by atoms with van der Waals surface area (Å²) in [5.41, 5.74) is 5.48. The van der Waals surface area contributed by atoms with E-state index in [1.807, 2.05) is 42.5 Å². The molecule has 0 unspecified atom stereocenters. The number of aliphatic carboxylic acids is 1. The molecule has 36 heavy (non-hydrogen) atoms. The van der Waals surface area contributed by atoms with E-state index in [1.165, 1.54) is 0 Å². The van der Waals surface area contributed by atoms with E-state index in [4.69, 9.17) is 31.4 Å². The Labute approximate surface area is 213 Å². The minimum Gasteiger partial charge on any atom is -0.491 e. The molecule has 2 N–H and O–H groups in total. The van der Waals surface area contributed by atoms with Crippen LogP contribution in [-0.2, 0) is 11.2 Å². The molecule has 184 valence electrons. The lowest BCUT2D eigenvalue weighted by Gasteiger charge is -2.16. The Morgan fingerprint density at radius 2 is 1.92 bits per heavy atom. The molecule has 0 saturated heterocycles. The molecule has 0 saturated carbocycles. The van der Waals surface area contributed by atoms with Crippen LogP contribution in [0.4, 0.5) is 0 Å². The normalized spacial score (nSPS) is 16.6. The highest BCUT2D eigenvalue weighted by Crippen LogP contribution is 2.33. The molecule has 0 spiro atoms. The van der Waals surface area contributed by atoms with Crippen molar-refractivity contribution < 1.29 is 19.4 Å². The highest BCUT2D eigenvalue weighted by atomic mass is 35.5. The van der Waals surface area contributed by atoms with Crippen molar-refractivity contribution in [3.05, 3.63) is 82.2 Å². The van der Waals surface area contributed by atoms with Gasteiger partial charge in [0.1, 0.15) is 12.4 Å². The number of halogens is 1. The molecule has 1 aromatic heterocycles. The SMILES string of the molecule is O=C(O)CCCCc1nc2cc(C(=O)N[C@@H]3COc4ccccc43)ccc2nc1C1=CC=C(Cl)CC1. The van der Waals surface area contributed by atoms with Crippen molar-refractivity contribution in [3.63, 3.8) is 0 Å². The minimum atomic E-state index is -0.805. The van der Waals surface area contributed by atoms with Crippen LogP contribution in [0, 0.1) is 0 Å². The van der Waals surface area contributed by atoms with Gasteiger partial charge in [-0.05, 0) is 68.0 Å². The lowest BCUT2D eigenvalue weighted by molar-refractivity contribution is -0.137. The standard InChI is InChI=1S/C28H26ClN3O4/c29-19-12-9-17(10-13-19)27-22(6-2-4-8-26(33)34)30-23-15-18(11-14-21(23)31-27)28(35)32-24-16-36-25-7-3-1-5-20(24)25/h1,3,5,7,9,11-12,14-15,24H,2,4,6,8,10,13,16H2,(H,32,35)(H,33,34)/t24-/m1/s1. The molecule has 2 aromatic carbocycles. The molecule has 7 nitrogen and oxygen atoms in total. The second kappa shape index (κ2) is 10.5. The topological polar surface area (TPSA) is 101 Å². The maximum Gasteiger partial charge on any atom is 0.303 e. The highest BCUT2D eigenvalue weighted by Gasteiger charge is 2.25. The first-order chi connectivity index (χ1) is 17.5. The van der Waals surface area contributed by atoms with Crippen molar-refractivity contribution in [2.24, 2.45) is 0 Å². The van der Waals surface area contributed by atoms with E-state index in [0.717, 1.165) is 46.1 Å². The fraction of sp³-hybridized carbons (Fsp3) is 0.286. The number of amides is 1. The van der Waals surface area contributed by atoms with Crippen LogP contribution < -0.4 is 10.1 Å². The molecule has 0 radical (unpaired) electrons. The Kier molecular flexibility index (Phi) is 7.00. The second-order valence-corrected chi connectivity index (χ2v) is 9.49. The first-order valence-electron chi connectivity index (χ1n) is 12.1.